The van der Waals surface area contributed by atoms with Gasteiger partial charge in [-0.05, 0) is 18.2 Å². The fourth-order valence-corrected chi connectivity index (χ4v) is 1.82. The van der Waals surface area contributed by atoms with Crippen LogP contribution in [0.25, 0.3) is 11.5 Å². The highest BCUT2D eigenvalue weighted by molar-refractivity contribution is 7.90. The lowest BCUT2D eigenvalue weighted by Crippen LogP contribution is -1.96. The summed E-state index contributed by atoms with van der Waals surface area (Å²) < 4.78 is 27.3. The molecule has 0 aliphatic rings. The molecule has 0 atom stereocenters. The van der Waals surface area contributed by atoms with Crippen molar-refractivity contribution in [2.45, 2.75) is 5.22 Å². The fourth-order valence-electron chi connectivity index (χ4n) is 1.11. The van der Waals surface area contributed by atoms with E-state index >= 15 is 0 Å². The van der Waals surface area contributed by atoms with E-state index in [2.05, 4.69) is 10.2 Å². The summed E-state index contributed by atoms with van der Waals surface area (Å²) in [5.74, 6) is 0.0731. The number of hydrogen-bond donors (Lipinski definition) is 0. The van der Waals surface area contributed by atoms with E-state index in [1.54, 1.807) is 12.1 Å². The molecule has 1 heterocycles. The van der Waals surface area contributed by atoms with Crippen LogP contribution in [0.15, 0.2) is 27.8 Å². The topological polar surface area (TPSA) is 73.1 Å². The molecule has 17 heavy (non-hydrogen) atoms. The number of halogens is 2. The molecule has 1 aromatic carbocycles. The third-order valence-electron chi connectivity index (χ3n) is 1.89. The molecule has 2 aromatic rings. The molecule has 0 N–H and O–H groups in total. The Kier molecular flexibility index (Phi) is 3.11. The predicted octanol–water partition coefficient (Wildman–Crippen LogP) is 2.45. The molecule has 0 saturated heterocycles. The molecule has 5 nitrogen and oxygen atoms in total. The molecule has 90 valence electrons. The molecule has 0 aliphatic carbocycles. The number of hydrogen-bond acceptors (Lipinski definition) is 5. The molecule has 8 heteroatoms. The smallest absolute Gasteiger partial charge is 0.335 e. The van der Waals surface area contributed by atoms with Crippen LogP contribution in [0.5, 0.6) is 0 Å². The van der Waals surface area contributed by atoms with Crippen LogP contribution in [-0.2, 0) is 9.84 Å². The summed E-state index contributed by atoms with van der Waals surface area (Å²) in [6.45, 7) is 0. The van der Waals surface area contributed by atoms with Crippen molar-refractivity contribution in [1.82, 2.24) is 10.2 Å². The molecule has 0 saturated carbocycles. The van der Waals surface area contributed by atoms with E-state index in [9.17, 15) is 8.42 Å². The van der Waals surface area contributed by atoms with Crippen molar-refractivity contribution in [2.24, 2.45) is 0 Å². The Balaban J connectivity index is 2.47. The lowest BCUT2D eigenvalue weighted by atomic mass is 10.2. The monoisotopic (exact) mass is 292 g/mol. The van der Waals surface area contributed by atoms with Crippen molar-refractivity contribution in [2.75, 3.05) is 6.26 Å². The van der Waals surface area contributed by atoms with E-state index < -0.39 is 15.1 Å². The summed E-state index contributed by atoms with van der Waals surface area (Å²) in [4.78, 5) is 0. The number of nitrogens with zero attached hydrogens (tertiary/aromatic N) is 2. The maximum atomic E-state index is 11.2. The molecular weight excluding hydrogens is 287 g/mol. The third kappa shape index (κ3) is 2.59. The number of benzene rings is 1. The maximum Gasteiger partial charge on any atom is 0.335 e. The molecule has 1 aromatic heterocycles. The van der Waals surface area contributed by atoms with Crippen LogP contribution in [0.3, 0.4) is 0 Å². The van der Waals surface area contributed by atoms with Gasteiger partial charge < -0.3 is 4.42 Å². The van der Waals surface area contributed by atoms with E-state index in [0.29, 0.717) is 15.6 Å². The van der Waals surface area contributed by atoms with Gasteiger partial charge >= 0.3 is 5.22 Å². The van der Waals surface area contributed by atoms with Gasteiger partial charge in [0, 0.05) is 11.8 Å². The standard InChI is InChI=1S/C9H6Cl2N2O3S/c1-17(14,15)9-13-12-8(16-9)5-2-3-6(10)7(11)4-5/h2-4H,1H3. The van der Waals surface area contributed by atoms with Crippen molar-refractivity contribution in [3.05, 3.63) is 28.2 Å². The molecular formula is C9H6Cl2N2O3S. The normalized spacial score (nSPS) is 11.7. The quantitative estimate of drug-likeness (QED) is 0.850. The molecule has 0 spiro atoms. The summed E-state index contributed by atoms with van der Waals surface area (Å²) in [5, 5.41) is 7.34. The van der Waals surface area contributed by atoms with Gasteiger partial charge in [0.15, 0.2) is 0 Å². The highest BCUT2D eigenvalue weighted by atomic mass is 35.5. The van der Waals surface area contributed by atoms with Gasteiger partial charge in [-0.1, -0.05) is 28.3 Å². The molecule has 2 rings (SSSR count). The third-order valence-corrected chi connectivity index (χ3v) is 3.43. The van der Waals surface area contributed by atoms with Gasteiger partial charge in [-0.15, -0.1) is 5.10 Å². The minimum atomic E-state index is -3.51. The second kappa shape index (κ2) is 4.29. The average molecular weight is 293 g/mol. The van der Waals surface area contributed by atoms with E-state index in [1.807, 2.05) is 0 Å². The first-order chi connectivity index (χ1) is 7.88. The van der Waals surface area contributed by atoms with Crippen molar-refractivity contribution < 1.29 is 12.8 Å². The first-order valence-electron chi connectivity index (χ1n) is 4.37. The van der Waals surface area contributed by atoms with E-state index in [1.165, 1.54) is 6.07 Å². The molecule has 0 fully saturated rings. The SMILES string of the molecule is CS(=O)(=O)c1nnc(-c2ccc(Cl)c(Cl)c2)o1. The summed E-state index contributed by atoms with van der Waals surface area (Å²) in [6.07, 6.45) is 0.985. The van der Waals surface area contributed by atoms with Crippen molar-refractivity contribution in [3.8, 4) is 11.5 Å². The van der Waals surface area contributed by atoms with E-state index in [4.69, 9.17) is 27.6 Å². The van der Waals surface area contributed by atoms with Gasteiger partial charge in [0.2, 0.25) is 15.7 Å². The number of aromatic nitrogens is 2. The second-order valence-corrected chi connectivity index (χ2v) is 5.98. The van der Waals surface area contributed by atoms with Crippen molar-refractivity contribution >= 4 is 33.0 Å². The van der Waals surface area contributed by atoms with Crippen LogP contribution in [0, 0.1) is 0 Å². The Morgan fingerprint density at radius 3 is 2.41 bits per heavy atom. The minimum Gasteiger partial charge on any atom is -0.408 e. The van der Waals surface area contributed by atoms with Gasteiger partial charge in [0.1, 0.15) is 0 Å². The van der Waals surface area contributed by atoms with Gasteiger partial charge in [-0.3, -0.25) is 0 Å². The van der Waals surface area contributed by atoms with Gasteiger partial charge in [-0.25, -0.2) is 8.42 Å². The highest BCUT2D eigenvalue weighted by Gasteiger charge is 2.17. The van der Waals surface area contributed by atoms with Crippen LogP contribution < -0.4 is 0 Å². The van der Waals surface area contributed by atoms with Gasteiger partial charge in [0.05, 0.1) is 10.0 Å². The van der Waals surface area contributed by atoms with Crippen LogP contribution in [0.2, 0.25) is 10.0 Å². The fraction of sp³-hybridized carbons (Fsp3) is 0.111. The Morgan fingerprint density at radius 2 is 1.88 bits per heavy atom. The first-order valence-corrected chi connectivity index (χ1v) is 7.01. The molecule has 0 aliphatic heterocycles. The van der Waals surface area contributed by atoms with Crippen LogP contribution in [-0.4, -0.2) is 24.9 Å². The van der Waals surface area contributed by atoms with Gasteiger partial charge in [-0.2, -0.15) is 0 Å². The minimum absolute atomic E-state index is 0.0731. The Labute approximate surface area is 107 Å². The van der Waals surface area contributed by atoms with Crippen molar-refractivity contribution in [1.29, 1.82) is 0 Å². The lowest BCUT2D eigenvalue weighted by Gasteiger charge is -1.97. The largest absolute Gasteiger partial charge is 0.408 e. The summed E-state index contributed by atoms with van der Waals surface area (Å²) in [7, 11) is -3.51. The highest BCUT2D eigenvalue weighted by Crippen LogP contribution is 2.28. The molecule has 0 radical (unpaired) electrons. The summed E-state index contributed by atoms with van der Waals surface area (Å²) in [6, 6.07) is 4.68. The molecule has 0 unspecified atom stereocenters. The molecule has 0 bridgehead atoms. The lowest BCUT2D eigenvalue weighted by molar-refractivity contribution is 0.442. The Bertz CT molecular complexity index is 667. The molecule has 0 amide bonds. The first kappa shape index (κ1) is 12.3. The Hall–Kier alpha value is -1.11. The second-order valence-electron chi connectivity index (χ2n) is 3.27. The Morgan fingerprint density at radius 1 is 1.18 bits per heavy atom. The van der Waals surface area contributed by atoms with Gasteiger partial charge in [0.25, 0.3) is 0 Å². The average Bonchev–Trinajstić information content (AvgIpc) is 2.70. The van der Waals surface area contributed by atoms with E-state index in [0.717, 1.165) is 6.26 Å². The van der Waals surface area contributed by atoms with Crippen LogP contribution in [0.4, 0.5) is 0 Å². The predicted molar refractivity (Wildman–Crippen MR) is 62.9 cm³/mol. The van der Waals surface area contributed by atoms with Crippen LogP contribution >= 0.6 is 23.2 Å². The number of rotatable bonds is 2. The van der Waals surface area contributed by atoms with E-state index in [-0.39, 0.29) is 5.89 Å². The zero-order valence-corrected chi connectivity index (χ0v) is 10.8. The summed E-state index contributed by atoms with van der Waals surface area (Å²) >= 11 is 11.6. The maximum absolute atomic E-state index is 11.2. The zero-order valence-electron chi connectivity index (χ0n) is 8.52. The van der Waals surface area contributed by atoms with Crippen molar-refractivity contribution in [3.63, 3.8) is 0 Å². The van der Waals surface area contributed by atoms with Crippen LogP contribution in [0.1, 0.15) is 0 Å². The zero-order chi connectivity index (χ0) is 12.6. The summed E-state index contributed by atoms with van der Waals surface area (Å²) in [5.41, 5.74) is 0.502. The number of sulfone groups is 1.